The number of allylic oxidation sites excluding steroid dienone is 2. The van der Waals surface area contributed by atoms with Crippen molar-refractivity contribution in [1.82, 2.24) is 5.32 Å². The largest absolute Gasteiger partial charge is 0.478 e. The molecule has 0 saturated carbocycles. The highest BCUT2D eigenvalue weighted by molar-refractivity contribution is 5.87. The minimum absolute atomic E-state index is 0.144. The maximum Gasteiger partial charge on any atom is 0.331 e. The molecule has 1 aliphatic rings. The van der Waals surface area contributed by atoms with Gasteiger partial charge in [0.25, 0.3) is 0 Å². The fourth-order valence-corrected chi connectivity index (χ4v) is 1.37. The van der Waals surface area contributed by atoms with Crippen LogP contribution in [-0.2, 0) is 9.59 Å². The smallest absolute Gasteiger partial charge is 0.331 e. The third kappa shape index (κ3) is 2.45. The maximum absolute atomic E-state index is 10.8. The molecule has 1 unspecified atom stereocenters. The van der Waals surface area contributed by atoms with E-state index in [1.807, 2.05) is 6.92 Å². The van der Waals surface area contributed by atoms with Crippen LogP contribution < -0.4 is 5.32 Å². The summed E-state index contributed by atoms with van der Waals surface area (Å²) in [6, 6.07) is -0.177. The molecule has 4 nitrogen and oxygen atoms in total. The fourth-order valence-electron chi connectivity index (χ4n) is 1.37. The highest BCUT2D eigenvalue weighted by Gasteiger charge is 2.20. The first-order valence-electron chi connectivity index (χ1n) is 4.38. The molecule has 0 aromatic heterocycles. The van der Waals surface area contributed by atoms with E-state index in [4.69, 9.17) is 5.11 Å². The summed E-state index contributed by atoms with van der Waals surface area (Å²) in [5.74, 6) is -1.07. The average molecular weight is 195 g/mol. The molecule has 76 valence electrons. The number of hydrogen-bond acceptors (Lipinski definition) is 2. The number of carboxylic acid groups (broad SMARTS) is 1. The van der Waals surface area contributed by atoms with Crippen LogP contribution >= 0.6 is 0 Å². The number of rotatable bonds is 2. The zero-order chi connectivity index (χ0) is 10.7. The quantitative estimate of drug-likeness (QED) is 0.686. The summed E-state index contributed by atoms with van der Waals surface area (Å²) in [5, 5.41) is 11.5. The molecule has 0 spiro atoms. The summed E-state index contributed by atoms with van der Waals surface area (Å²) in [4.78, 5) is 21.5. The van der Waals surface area contributed by atoms with Crippen molar-refractivity contribution in [2.45, 2.75) is 26.3 Å². The molecular formula is C10H13NO3. The van der Waals surface area contributed by atoms with Crippen LogP contribution in [0, 0.1) is 0 Å². The predicted octanol–water partition coefficient (Wildman–Crippen LogP) is 0.852. The van der Waals surface area contributed by atoms with Crippen LogP contribution in [0.25, 0.3) is 0 Å². The van der Waals surface area contributed by atoms with Gasteiger partial charge in [-0.05, 0) is 6.92 Å². The first-order valence-corrected chi connectivity index (χ1v) is 4.38. The van der Waals surface area contributed by atoms with Crippen molar-refractivity contribution in [3.8, 4) is 0 Å². The topological polar surface area (TPSA) is 66.4 Å². The molecule has 14 heavy (non-hydrogen) atoms. The minimum Gasteiger partial charge on any atom is -0.478 e. The second kappa shape index (κ2) is 4.09. The second-order valence-electron chi connectivity index (χ2n) is 3.36. The molecule has 0 fully saturated rings. The molecule has 0 radical (unpaired) electrons. The summed E-state index contributed by atoms with van der Waals surface area (Å²) >= 11 is 0. The van der Waals surface area contributed by atoms with Gasteiger partial charge in [-0.15, -0.1) is 0 Å². The molecule has 2 N–H and O–H groups in total. The summed E-state index contributed by atoms with van der Waals surface area (Å²) in [6.45, 7) is 3.29. The molecule has 1 aliphatic carbocycles. The lowest BCUT2D eigenvalue weighted by molar-refractivity contribution is -0.133. The first-order chi connectivity index (χ1) is 6.50. The minimum atomic E-state index is -0.927. The lowest BCUT2D eigenvalue weighted by Gasteiger charge is -2.21. The van der Waals surface area contributed by atoms with Gasteiger partial charge in [0.2, 0.25) is 5.91 Å². The van der Waals surface area contributed by atoms with E-state index in [-0.39, 0.29) is 11.9 Å². The van der Waals surface area contributed by atoms with E-state index in [9.17, 15) is 9.59 Å². The van der Waals surface area contributed by atoms with Gasteiger partial charge in [-0.1, -0.05) is 17.7 Å². The molecule has 0 aromatic rings. The average Bonchev–Trinajstić information content (AvgIpc) is 2.07. The van der Waals surface area contributed by atoms with Crippen molar-refractivity contribution < 1.29 is 14.7 Å². The van der Waals surface area contributed by atoms with Crippen molar-refractivity contribution in [1.29, 1.82) is 0 Å². The molecule has 1 atom stereocenters. The van der Waals surface area contributed by atoms with Crippen LogP contribution in [0.3, 0.4) is 0 Å². The van der Waals surface area contributed by atoms with Crippen LogP contribution in [0.15, 0.2) is 23.3 Å². The predicted molar refractivity (Wildman–Crippen MR) is 51.7 cm³/mol. The Balaban J connectivity index is 2.76. The Labute approximate surface area is 82.3 Å². The fraction of sp³-hybridized carbons (Fsp3) is 0.400. The van der Waals surface area contributed by atoms with Gasteiger partial charge in [0.1, 0.15) is 0 Å². The van der Waals surface area contributed by atoms with Crippen molar-refractivity contribution >= 4 is 11.9 Å². The standard InChI is InChI=1S/C10H13NO3/c1-6-3-4-8(10(13)14)5-9(6)11-7(2)12/h3-4,9H,5H2,1-2H3,(H,11,12)(H,13,14). The maximum atomic E-state index is 10.8. The number of carbonyl (C=O) groups excluding carboxylic acids is 1. The van der Waals surface area contributed by atoms with Gasteiger partial charge in [0.15, 0.2) is 0 Å². The number of aliphatic carboxylic acids is 1. The van der Waals surface area contributed by atoms with Gasteiger partial charge in [-0.2, -0.15) is 0 Å². The van der Waals surface area contributed by atoms with E-state index >= 15 is 0 Å². The van der Waals surface area contributed by atoms with Gasteiger partial charge in [-0.3, -0.25) is 4.79 Å². The number of carbonyl (C=O) groups is 2. The van der Waals surface area contributed by atoms with Crippen molar-refractivity contribution in [3.63, 3.8) is 0 Å². The van der Waals surface area contributed by atoms with Crippen LogP contribution in [0.1, 0.15) is 20.3 Å². The molecule has 0 bridgehead atoms. The zero-order valence-corrected chi connectivity index (χ0v) is 8.20. The van der Waals surface area contributed by atoms with Gasteiger partial charge in [0, 0.05) is 18.9 Å². The third-order valence-corrected chi connectivity index (χ3v) is 2.17. The molecule has 0 aliphatic heterocycles. The van der Waals surface area contributed by atoms with Crippen molar-refractivity contribution in [2.24, 2.45) is 0 Å². The Kier molecular flexibility index (Phi) is 3.06. The van der Waals surface area contributed by atoms with Crippen LogP contribution in [0.4, 0.5) is 0 Å². The zero-order valence-electron chi connectivity index (χ0n) is 8.20. The Morgan fingerprint density at radius 2 is 2.14 bits per heavy atom. The van der Waals surface area contributed by atoms with Gasteiger partial charge < -0.3 is 10.4 Å². The molecule has 1 amide bonds. The Hall–Kier alpha value is -1.58. The number of nitrogens with one attached hydrogen (secondary N) is 1. The summed E-state index contributed by atoms with van der Waals surface area (Å²) in [6.07, 6.45) is 3.67. The Bertz CT molecular complexity index is 328. The lowest BCUT2D eigenvalue weighted by atomic mass is 9.94. The van der Waals surface area contributed by atoms with Gasteiger partial charge in [0.05, 0.1) is 6.04 Å². The van der Waals surface area contributed by atoms with Gasteiger partial charge in [-0.25, -0.2) is 4.79 Å². The van der Waals surface area contributed by atoms with E-state index in [1.54, 1.807) is 12.2 Å². The number of hydrogen-bond donors (Lipinski definition) is 2. The first kappa shape index (κ1) is 10.5. The summed E-state index contributed by atoms with van der Waals surface area (Å²) in [7, 11) is 0. The SMILES string of the molecule is CC(=O)NC1CC(C(=O)O)=CC=C1C. The highest BCUT2D eigenvalue weighted by atomic mass is 16.4. The Morgan fingerprint density at radius 1 is 1.50 bits per heavy atom. The number of carboxylic acids is 1. The normalized spacial score (nSPS) is 20.9. The molecule has 0 aromatic carbocycles. The molecule has 4 heteroatoms. The lowest BCUT2D eigenvalue weighted by Crippen LogP contribution is -2.36. The molecule has 0 heterocycles. The van der Waals surface area contributed by atoms with Crippen LogP contribution in [0.5, 0.6) is 0 Å². The monoisotopic (exact) mass is 195 g/mol. The molecular weight excluding hydrogens is 182 g/mol. The summed E-state index contributed by atoms with van der Waals surface area (Å²) < 4.78 is 0. The molecule has 1 rings (SSSR count). The van der Waals surface area contributed by atoms with Crippen LogP contribution in [0.2, 0.25) is 0 Å². The number of amides is 1. The molecule has 0 saturated heterocycles. The third-order valence-electron chi connectivity index (χ3n) is 2.17. The van der Waals surface area contributed by atoms with Crippen molar-refractivity contribution in [3.05, 3.63) is 23.3 Å². The Morgan fingerprint density at radius 3 is 2.64 bits per heavy atom. The highest BCUT2D eigenvalue weighted by Crippen LogP contribution is 2.18. The van der Waals surface area contributed by atoms with E-state index in [0.29, 0.717) is 12.0 Å². The van der Waals surface area contributed by atoms with Gasteiger partial charge >= 0.3 is 5.97 Å². The van der Waals surface area contributed by atoms with E-state index in [2.05, 4.69) is 5.32 Å². The van der Waals surface area contributed by atoms with E-state index < -0.39 is 5.97 Å². The summed E-state index contributed by atoms with van der Waals surface area (Å²) in [5.41, 5.74) is 1.31. The van der Waals surface area contributed by atoms with E-state index in [1.165, 1.54) is 6.92 Å². The van der Waals surface area contributed by atoms with Crippen LogP contribution in [-0.4, -0.2) is 23.0 Å². The van der Waals surface area contributed by atoms with Crippen molar-refractivity contribution in [2.75, 3.05) is 0 Å². The second-order valence-corrected chi connectivity index (χ2v) is 3.36. The van der Waals surface area contributed by atoms with E-state index in [0.717, 1.165) is 5.57 Å².